The largest absolute Gasteiger partial charge is 0.460 e. The van der Waals surface area contributed by atoms with Crippen molar-refractivity contribution in [3.63, 3.8) is 0 Å². The molecule has 0 aliphatic carbocycles. The van der Waals surface area contributed by atoms with Crippen LogP contribution in [0.5, 0.6) is 0 Å². The quantitative estimate of drug-likeness (QED) is 0.513. The Morgan fingerprint density at radius 3 is 2.09 bits per heavy atom. The van der Waals surface area contributed by atoms with Crippen molar-refractivity contribution in [1.82, 2.24) is 0 Å². The van der Waals surface area contributed by atoms with E-state index in [0.29, 0.717) is 0 Å². The highest BCUT2D eigenvalue weighted by Crippen LogP contribution is 2.47. The molecule has 0 bridgehead atoms. The molecule has 1 rings (SSSR count). The molecule has 0 radical (unpaired) electrons. The standard InChI is InChI=1S/C11H7F7N2O3/c1-5-2-3-6(7(4-5)20(22)23)19-8(21)9(12,13)10(14,15)11(16,17)18/h2-4H,1H3,(H,19,21). The molecule has 0 aromatic heterocycles. The number of nitrogens with one attached hydrogen (secondary N) is 1. The molecule has 23 heavy (non-hydrogen) atoms. The van der Waals surface area contributed by atoms with Crippen LogP contribution in [0, 0.1) is 17.0 Å². The molecule has 12 heteroatoms. The number of nitro benzene ring substituents is 1. The van der Waals surface area contributed by atoms with Gasteiger partial charge in [0, 0.05) is 6.07 Å². The average molecular weight is 348 g/mol. The number of hydrogen-bond donors (Lipinski definition) is 1. The van der Waals surface area contributed by atoms with E-state index in [1.165, 1.54) is 6.92 Å². The summed E-state index contributed by atoms with van der Waals surface area (Å²) in [6, 6.07) is 2.64. The zero-order chi connectivity index (χ0) is 18.2. The molecule has 0 unspecified atom stereocenters. The number of amides is 1. The normalized spacial score (nSPS) is 12.9. The number of nitro groups is 1. The molecule has 0 aliphatic rings. The first-order valence-electron chi connectivity index (χ1n) is 5.60. The number of halogens is 7. The molecule has 0 saturated heterocycles. The number of carbonyl (C=O) groups excluding carboxylic acids is 1. The van der Waals surface area contributed by atoms with Gasteiger partial charge in [-0.05, 0) is 18.6 Å². The van der Waals surface area contributed by atoms with Crippen LogP contribution in [0.2, 0.25) is 0 Å². The van der Waals surface area contributed by atoms with Crippen LogP contribution in [0.1, 0.15) is 5.56 Å². The van der Waals surface area contributed by atoms with E-state index in [-0.39, 0.29) is 5.56 Å². The number of carbonyl (C=O) groups is 1. The molecule has 0 atom stereocenters. The van der Waals surface area contributed by atoms with Gasteiger partial charge >= 0.3 is 23.9 Å². The number of nitrogens with zero attached hydrogens (tertiary/aromatic N) is 1. The number of rotatable bonds is 4. The first-order chi connectivity index (χ1) is 10.2. The Balaban J connectivity index is 3.21. The predicted octanol–water partition coefficient (Wildman–Crippen LogP) is 3.67. The summed E-state index contributed by atoms with van der Waals surface area (Å²) in [5, 5.41) is 11.7. The fourth-order valence-electron chi connectivity index (χ4n) is 1.42. The van der Waals surface area contributed by atoms with Gasteiger partial charge in [0.25, 0.3) is 5.69 Å². The van der Waals surface area contributed by atoms with Crippen LogP contribution >= 0.6 is 0 Å². The first kappa shape index (κ1) is 18.6. The molecule has 1 aromatic carbocycles. The number of benzene rings is 1. The Morgan fingerprint density at radius 2 is 1.65 bits per heavy atom. The number of anilines is 1. The summed E-state index contributed by atoms with van der Waals surface area (Å²) in [5.41, 5.74) is -1.62. The number of aryl methyl sites for hydroxylation is 1. The highest BCUT2D eigenvalue weighted by molar-refractivity contribution is 5.98. The summed E-state index contributed by atoms with van der Waals surface area (Å²) in [7, 11) is 0. The van der Waals surface area contributed by atoms with E-state index in [9.17, 15) is 45.6 Å². The summed E-state index contributed by atoms with van der Waals surface area (Å²) in [6.07, 6.45) is -6.69. The van der Waals surface area contributed by atoms with Crippen molar-refractivity contribution in [1.29, 1.82) is 0 Å². The first-order valence-corrected chi connectivity index (χ1v) is 5.60. The van der Waals surface area contributed by atoms with Crippen molar-refractivity contribution in [3.8, 4) is 0 Å². The Labute approximate surface area is 123 Å². The Kier molecular flexibility index (Phi) is 4.59. The predicted molar refractivity (Wildman–Crippen MR) is 62.4 cm³/mol. The third-order valence-corrected chi connectivity index (χ3v) is 2.63. The van der Waals surface area contributed by atoms with Gasteiger partial charge < -0.3 is 5.32 Å². The molecule has 0 spiro atoms. The lowest BCUT2D eigenvalue weighted by molar-refractivity contribution is -0.384. The van der Waals surface area contributed by atoms with Gasteiger partial charge in [0.1, 0.15) is 5.69 Å². The number of hydrogen-bond acceptors (Lipinski definition) is 3. The molecule has 128 valence electrons. The molecule has 0 saturated carbocycles. The SMILES string of the molecule is Cc1ccc(NC(=O)C(F)(F)C(F)(F)C(F)(F)F)c([N+](=O)[O-])c1. The van der Waals surface area contributed by atoms with Gasteiger partial charge in [0.05, 0.1) is 4.92 Å². The van der Waals surface area contributed by atoms with Crippen LogP contribution in [-0.2, 0) is 4.79 Å². The van der Waals surface area contributed by atoms with E-state index in [1.54, 1.807) is 0 Å². The molecule has 5 nitrogen and oxygen atoms in total. The lowest BCUT2D eigenvalue weighted by Crippen LogP contribution is -2.57. The third kappa shape index (κ3) is 3.35. The average Bonchev–Trinajstić information content (AvgIpc) is 2.38. The summed E-state index contributed by atoms with van der Waals surface area (Å²) in [5.74, 6) is -15.8. The smallest absolute Gasteiger partial charge is 0.315 e. The third-order valence-electron chi connectivity index (χ3n) is 2.63. The molecule has 0 fully saturated rings. The zero-order valence-corrected chi connectivity index (χ0v) is 11.0. The van der Waals surface area contributed by atoms with Gasteiger partial charge in [-0.3, -0.25) is 14.9 Å². The van der Waals surface area contributed by atoms with Crippen molar-refractivity contribution in [2.75, 3.05) is 5.32 Å². The fourth-order valence-corrected chi connectivity index (χ4v) is 1.42. The van der Waals surface area contributed by atoms with Gasteiger partial charge in [0.15, 0.2) is 0 Å². The van der Waals surface area contributed by atoms with Crippen molar-refractivity contribution in [2.45, 2.75) is 24.9 Å². The lowest BCUT2D eigenvalue weighted by atomic mass is 10.1. The van der Waals surface area contributed by atoms with Crippen LogP contribution < -0.4 is 5.32 Å². The van der Waals surface area contributed by atoms with Crippen molar-refractivity contribution >= 4 is 17.3 Å². The fraction of sp³-hybridized carbons (Fsp3) is 0.364. The second-order valence-corrected chi connectivity index (χ2v) is 4.38. The highest BCUT2D eigenvalue weighted by Gasteiger charge is 2.76. The van der Waals surface area contributed by atoms with Gasteiger partial charge in [-0.15, -0.1) is 0 Å². The number of alkyl halides is 7. The Morgan fingerprint density at radius 1 is 1.13 bits per heavy atom. The van der Waals surface area contributed by atoms with Crippen LogP contribution in [0.4, 0.5) is 42.1 Å². The minimum atomic E-state index is -6.69. The lowest BCUT2D eigenvalue weighted by Gasteiger charge is -2.26. The van der Waals surface area contributed by atoms with Gasteiger partial charge in [-0.25, -0.2) is 0 Å². The van der Waals surface area contributed by atoms with E-state index in [2.05, 4.69) is 0 Å². The molecule has 1 N–H and O–H groups in total. The van der Waals surface area contributed by atoms with E-state index in [4.69, 9.17) is 0 Å². The summed E-state index contributed by atoms with van der Waals surface area (Å²) < 4.78 is 87.6. The summed E-state index contributed by atoms with van der Waals surface area (Å²) >= 11 is 0. The topological polar surface area (TPSA) is 72.2 Å². The second kappa shape index (κ2) is 5.66. The Hall–Kier alpha value is -2.40. The monoisotopic (exact) mass is 348 g/mol. The second-order valence-electron chi connectivity index (χ2n) is 4.38. The van der Waals surface area contributed by atoms with E-state index in [1.807, 2.05) is 0 Å². The van der Waals surface area contributed by atoms with Gasteiger partial charge in [-0.2, -0.15) is 30.7 Å². The maximum atomic E-state index is 13.1. The molecular formula is C11H7F7N2O3. The van der Waals surface area contributed by atoms with Gasteiger partial charge in [-0.1, -0.05) is 6.07 Å². The van der Waals surface area contributed by atoms with Crippen molar-refractivity contribution in [2.24, 2.45) is 0 Å². The minimum Gasteiger partial charge on any atom is -0.315 e. The van der Waals surface area contributed by atoms with E-state index >= 15 is 0 Å². The van der Waals surface area contributed by atoms with Gasteiger partial charge in [0.2, 0.25) is 0 Å². The van der Waals surface area contributed by atoms with E-state index < -0.39 is 40.2 Å². The maximum absolute atomic E-state index is 13.1. The van der Waals surface area contributed by atoms with Crippen molar-refractivity contribution in [3.05, 3.63) is 33.9 Å². The van der Waals surface area contributed by atoms with Crippen molar-refractivity contribution < 1.29 is 40.5 Å². The molecule has 0 heterocycles. The molecular weight excluding hydrogens is 341 g/mol. The van der Waals surface area contributed by atoms with Crippen LogP contribution in [0.25, 0.3) is 0 Å². The molecule has 1 amide bonds. The maximum Gasteiger partial charge on any atom is 0.460 e. The summed E-state index contributed by atoms with van der Waals surface area (Å²) in [6.45, 7) is 1.37. The van der Waals surface area contributed by atoms with Crippen LogP contribution in [0.3, 0.4) is 0 Å². The van der Waals surface area contributed by atoms with E-state index in [0.717, 1.165) is 23.5 Å². The van der Waals surface area contributed by atoms with Crippen LogP contribution in [0.15, 0.2) is 18.2 Å². The molecule has 1 aromatic rings. The zero-order valence-electron chi connectivity index (χ0n) is 11.0. The Bertz CT molecular complexity index is 643. The minimum absolute atomic E-state index is 0.266. The molecule has 0 aliphatic heterocycles. The highest BCUT2D eigenvalue weighted by atomic mass is 19.4. The summed E-state index contributed by atoms with van der Waals surface area (Å²) in [4.78, 5) is 20.7. The van der Waals surface area contributed by atoms with Crippen LogP contribution in [-0.4, -0.2) is 28.9 Å².